The van der Waals surface area contributed by atoms with Gasteiger partial charge in [-0.2, -0.15) is 0 Å². The van der Waals surface area contributed by atoms with Crippen molar-refractivity contribution in [3.05, 3.63) is 0 Å². The van der Waals surface area contributed by atoms with Gasteiger partial charge in [0.25, 0.3) is 0 Å². The number of carbonyl (C=O) groups is 3. The van der Waals surface area contributed by atoms with Gasteiger partial charge >= 0.3 is 12.0 Å². The molecule has 0 atom stereocenters. The Hall–Kier alpha value is -1.83. The number of carboxylic acids is 1. The van der Waals surface area contributed by atoms with Crippen LogP contribution in [0, 0.1) is 5.92 Å². The number of ether oxygens (including phenoxy) is 1. The molecule has 0 aromatic heterocycles. The van der Waals surface area contributed by atoms with Crippen LogP contribution in [0.1, 0.15) is 25.7 Å². The number of aliphatic carboxylic acids is 1. The molecule has 21 heavy (non-hydrogen) atoms. The lowest BCUT2D eigenvalue weighted by molar-refractivity contribution is -0.148. The fourth-order valence-electron chi connectivity index (χ4n) is 2.23. The van der Waals surface area contributed by atoms with E-state index in [1.807, 2.05) is 0 Å². The first-order valence-electron chi connectivity index (χ1n) is 7.18. The monoisotopic (exact) mass is 299 g/mol. The standard InChI is InChI=1S/C13H21N3O5/c17-10(9-1-2-9)14-5-6-15-12(20)16-13(11(18)19)3-7-21-8-4-13/h9H,1-8H2,(H,14,17)(H,18,19)(H2,15,16,20). The SMILES string of the molecule is O=C(NCCNC(=O)C1CC1)NC1(C(=O)O)CCOCC1. The quantitative estimate of drug-likeness (QED) is 0.491. The second-order valence-corrected chi connectivity index (χ2v) is 5.45. The topological polar surface area (TPSA) is 117 Å². The smallest absolute Gasteiger partial charge is 0.329 e. The van der Waals surface area contributed by atoms with Gasteiger partial charge in [0.1, 0.15) is 5.54 Å². The van der Waals surface area contributed by atoms with Crippen molar-refractivity contribution < 1.29 is 24.2 Å². The number of hydrogen-bond donors (Lipinski definition) is 4. The van der Waals surface area contributed by atoms with Gasteiger partial charge in [0.15, 0.2) is 0 Å². The van der Waals surface area contributed by atoms with Crippen molar-refractivity contribution in [2.24, 2.45) is 5.92 Å². The summed E-state index contributed by atoms with van der Waals surface area (Å²) >= 11 is 0. The van der Waals surface area contributed by atoms with Gasteiger partial charge in [0, 0.05) is 45.1 Å². The van der Waals surface area contributed by atoms with Crippen LogP contribution in [0.3, 0.4) is 0 Å². The average molecular weight is 299 g/mol. The van der Waals surface area contributed by atoms with Crippen LogP contribution in [0.2, 0.25) is 0 Å². The zero-order chi connectivity index (χ0) is 15.3. The van der Waals surface area contributed by atoms with Crippen LogP contribution in [0.25, 0.3) is 0 Å². The highest BCUT2D eigenvalue weighted by Gasteiger charge is 2.41. The Morgan fingerprint density at radius 1 is 1.10 bits per heavy atom. The van der Waals surface area contributed by atoms with E-state index in [2.05, 4.69) is 16.0 Å². The lowest BCUT2D eigenvalue weighted by Crippen LogP contribution is -2.60. The van der Waals surface area contributed by atoms with Gasteiger partial charge < -0.3 is 25.8 Å². The molecule has 2 rings (SSSR count). The molecule has 2 fully saturated rings. The van der Waals surface area contributed by atoms with Crippen molar-refractivity contribution in [1.29, 1.82) is 0 Å². The van der Waals surface area contributed by atoms with Gasteiger partial charge in [-0.25, -0.2) is 9.59 Å². The van der Waals surface area contributed by atoms with Crippen molar-refractivity contribution in [2.75, 3.05) is 26.3 Å². The summed E-state index contributed by atoms with van der Waals surface area (Å²) in [5.74, 6) is -0.900. The number of hydrogen-bond acceptors (Lipinski definition) is 4. The first kappa shape index (κ1) is 15.6. The Bertz CT molecular complexity index is 416. The second-order valence-electron chi connectivity index (χ2n) is 5.45. The third kappa shape index (κ3) is 4.32. The molecule has 2 aliphatic rings. The fourth-order valence-corrected chi connectivity index (χ4v) is 2.23. The maximum absolute atomic E-state index is 11.8. The highest BCUT2D eigenvalue weighted by molar-refractivity contribution is 5.86. The minimum absolute atomic E-state index is 0.0173. The van der Waals surface area contributed by atoms with E-state index in [0.717, 1.165) is 12.8 Å². The fraction of sp³-hybridized carbons (Fsp3) is 0.769. The second kappa shape index (κ2) is 6.75. The molecule has 8 heteroatoms. The Balaban J connectivity index is 1.69. The highest BCUT2D eigenvalue weighted by Crippen LogP contribution is 2.28. The lowest BCUT2D eigenvalue weighted by Gasteiger charge is -2.33. The minimum atomic E-state index is -1.26. The molecule has 1 aliphatic heterocycles. The number of rotatable bonds is 6. The summed E-state index contributed by atoms with van der Waals surface area (Å²) in [6.45, 7) is 1.22. The molecular formula is C13H21N3O5. The summed E-state index contributed by atoms with van der Waals surface area (Å²) in [5, 5.41) is 17.1. The van der Waals surface area contributed by atoms with E-state index < -0.39 is 17.5 Å². The summed E-state index contributed by atoms with van der Waals surface area (Å²) < 4.78 is 5.13. The van der Waals surface area contributed by atoms with Crippen LogP contribution in [0.4, 0.5) is 4.79 Å². The van der Waals surface area contributed by atoms with Crippen molar-refractivity contribution in [1.82, 2.24) is 16.0 Å². The normalized spacial score (nSPS) is 20.4. The Labute approximate surface area is 122 Å². The largest absolute Gasteiger partial charge is 0.480 e. The molecule has 1 saturated heterocycles. The molecule has 1 heterocycles. The van der Waals surface area contributed by atoms with Crippen molar-refractivity contribution >= 4 is 17.9 Å². The third-order valence-electron chi connectivity index (χ3n) is 3.77. The third-order valence-corrected chi connectivity index (χ3v) is 3.77. The van der Waals surface area contributed by atoms with E-state index in [1.54, 1.807) is 0 Å². The molecular weight excluding hydrogens is 278 g/mol. The van der Waals surface area contributed by atoms with Crippen molar-refractivity contribution in [3.63, 3.8) is 0 Å². The van der Waals surface area contributed by atoms with Gasteiger partial charge in [-0.15, -0.1) is 0 Å². The van der Waals surface area contributed by atoms with Crippen LogP contribution in [0.5, 0.6) is 0 Å². The first-order chi connectivity index (χ1) is 10.0. The molecule has 0 aromatic rings. The minimum Gasteiger partial charge on any atom is -0.480 e. The maximum Gasteiger partial charge on any atom is 0.329 e. The van der Waals surface area contributed by atoms with Crippen molar-refractivity contribution in [2.45, 2.75) is 31.2 Å². The van der Waals surface area contributed by atoms with E-state index in [4.69, 9.17) is 4.74 Å². The van der Waals surface area contributed by atoms with Crippen molar-refractivity contribution in [3.8, 4) is 0 Å². The highest BCUT2D eigenvalue weighted by atomic mass is 16.5. The molecule has 0 spiro atoms. The van der Waals surface area contributed by atoms with E-state index in [1.165, 1.54) is 0 Å². The summed E-state index contributed by atoms with van der Waals surface area (Å²) in [5.41, 5.74) is -1.26. The van der Waals surface area contributed by atoms with Crippen LogP contribution >= 0.6 is 0 Å². The predicted molar refractivity (Wildman–Crippen MR) is 72.7 cm³/mol. The summed E-state index contributed by atoms with van der Waals surface area (Å²) in [6, 6.07) is -0.542. The number of carbonyl (C=O) groups excluding carboxylic acids is 2. The molecule has 0 aromatic carbocycles. The lowest BCUT2D eigenvalue weighted by atomic mass is 9.90. The first-order valence-corrected chi connectivity index (χ1v) is 7.18. The van der Waals surface area contributed by atoms with Gasteiger partial charge in [0.05, 0.1) is 0 Å². The molecule has 8 nitrogen and oxygen atoms in total. The number of carboxylic acid groups (broad SMARTS) is 1. The van der Waals surface area contributed by atoms with Crippen LogP contribution in [-0.4, -0.2) is 54.9 Å². The van der Waals surface area contributed by atoms with Gasteiger partial charge in [-0.3, -0.25) is 4.79 Å². The van der Waals surface area contributed by atoms with Crippen LogP contribution in [-0.2, 0) is 14.3 Å². The zero-order valence-electron chi connectivity index (χ0n) is 11.8. The van der Waals surface area contributed by atoms with E-state index >= 15 is 0 Å². The molecule has 1 saturated carbocycles. The predicted octanol–water partition coefficient (Wildman–Crippen LogP) is -0.554. The Morgan fingerprint density at radius 3 is 2.29 bits per heavy atom. The number of amides is 3. The van der Waals surface area contributed by atoms with Gasteiger partial charge in [-0.1, -0.05) is 0 Å². The van der Waals surface area contributed by atoms with E-state index in [0.29, 0.717) is 19.8 Å². The summed E-state index contributed by atoms with van der Waals surface area (Å²) in [6.07, 6.45) is 2.36. The Kier molecular flexibility index (Phi) is 5.00. The molecule has 3 amide bonds. The van der Waals surface area contributed by atoms with Crippen LogP contribution < -0.4 is 16.0 Å². The average Bonchev–Trinajstić information content (AvgIpc) is 3.29. The molecule has 0 bridgehead atoms. The molecule has 1 aliphatic carbocycles. The summed E-state index contributed by atoms with van der Waals surface area (Å²) in [7, 11) is 0. The summed E-state index contributed by atoms with van der Waals surface area (Å²) in [4.78, 5) is 34.5. The van der Waals surface area contributed by atoms with Crippen LogP contribution in [0.15, 0.2) is 0 Å². The molecule has 0 radical (unpaired) electrons. The molecule has 0 unspecified atom stereocenters. The van der Waals surface area contributed by atoms with E-state index in [-0.39, 0.29) is 31.2 Å². The molecule has 4 N–H and O–H groups in total. The Morgan fingerprint density at radius 2 is 1.71 bits per heavy atom. The molecule has 118 valence electrons. The number of nitrogens with one attached hydrogen (secondary N) is 3. The maximum atomic E-state index is 11.8. The number of urea groups is 1. The van der Waals surface area contributed by atoms with Gasteiger partial charge in [-0.05, 0) is 12.8 Å². The zero-order valence-corrected chi connectivity index (χ0v) is 11.8. The van der Waals surface area contributed by atoms with E-state index in [9.17, 15) is 19.5 Å². The van der Waals surface area contributed by atoms with Gasteiger partial charge in [0.2, 0.25) is 5.91 Å².